The number of carbonyl (C=O) groups excluding carboxylic acids is 2. The molecular weight excluding hydrogens is 494 g/mol. The van der Waals surface area contributed by atoms with Crippen molar-refractivity contribution in [3.8, 4) is 0 Å². The van der Waals surface area contributed by atoms with Crippen molar-refractivity contribution in [3.05, 3.63) is 119 Å². The van der Waals surface area contributed by atoms with Crippen LogP contribution in [0.1, 0.15) is 42.5 Å². The zero-order valence-corrected chi connectivity index (χ0v) is 23.7. The molecule has 0 saturated carbocycles. The normalized spacial score (nSPS) is 18.4. The van der Waals surface area contributed by atoms with Crippen molar-refractivity contribution in [2.24, 2.45) is 0 Å². The Bertz CT molecular complexity index is 1470. The van der Waals surface area contributed by atoms with Crippen molar-refractivity contribution in [2.45, 2.75) is 64.8 Å². The van der Waals surface area contributed by atoms with E-state index in [9.17, 15) is 9.59 Å². The third kappa shape index (κ3) is 6.26. The molecule has 4 aromatic rings. The predicted molar refractivity (Wildman–Crippen MR) is 162 cm³/mol. The average Bonchev–Trinajstić information content (AvgIpc) is 2.98. The second kappa shape index (κ2) is 12.5. The quantitative estimate of drug-likeness (QED) is 0.277. The van der Waals surface area contributed by atoms with Crippen LogP contribution in [0.5, 0.6) is 0 Å². The van der Waals surface area contributed by atoms with Crippen LogP contribution in [0.4, 0.5) is 0 Å². The Hall–Kier alpha value is -3.96. The Morgan fingerprint density at radius 2 is 1.48 bits per heavy atom. The third-order valence-corrected chi connectivity index (χ3v) is 8.08. The number of amides is 2. The topological polar surface area (TPSA) is 52.7 Å². The second-order valence-electron chi connectivity index (χ2n) is 11.0. The van der Waals surface area contributed by atoms with E-state index in [1.54, 1.807) is 4.90 Å². The van der Waals surface area contributed by atoms with Crippen LogP contribution in [0.3, 0.4) is 0 Å². The standard InChI is InChI=1S/C35H39N3O2/c1-4-32(36-22-29-17-18-30-15-8-9-16-31(30)20-29)24-38-33(21-28-14-10-11-25(2)19-28)35(40)37(26(3)34(38)39)23-27-12-6-5-7-13-27/h5-20,26,32-33,36H,4,21-24H2,1-3H3. The smallest absolute Gasteiger partial charge is 0.246 e. The zero-order chi connectivity index (χ0) is 28.1. The molecule has 1 heterocycles. The molecule has 5 nitrogen and oxygen atoms in total. The van der Waals surface area contributed by atoms with Gasteiger partial charge in [-0.25, -0.2) is 0 Å². The summed E-state index contributed by atoms with van der Waals surface area (Å²) in [4.78, 5) is 31.6. The zero-order valence-electron chi connectivity index (χ0n) is 23.7. The van der Waals surface area contributed by atoms with Gasteiger partial charge in [-0.3, -0.25) is 9.59 Å². The van der Waals surface area contributed by atoms with Crippen LogP contribution in [0.15, 0.2) is 97.1 Å². The molecule has 0 bridgehead atoms. The fourth-order valence-corrected chi connectivity index (χ4v) is 5.70. The van der Waals surface area contributed by atoms with E-state index < -0.39 is 12.1 Å². The number of piperazine rings is 1. The van der Waals surface area contributed by atoms with E-state index in [4.69, 9.17) is 0 Å². The van der Waals surface area contributed by atoms with Gasteiger partial charge in [-0.15, -0.1) is 0 Å². The van der Waals surface area contributed by atoms with Crippen molar-refractivity contribution in [3.63, 3.8) is 0 Å². The Labute approximate surface area is 237 Å². The lowest BCUT2D eigenvalue weighted by molar-refractivity contribution is -0.162. The second-order valence-corrected chi connectivity index (χ2v) is 11.0. The summed E-state index contributed by atoms with van der Waals surface area (Å²) in [6.07, 6.45) is 1.36. The lowest BCUT2D eigenvalue weighted by Crippen LogP contribution is -2.65. The lowest BCUT2D eigenvalue weighted by Gasteiger charge is -2.45. The fraction of sp³-hybridized carbons (Fsp3) is 0.314. The monoisotopic (exact) mass is 533 g/mol. The molecule has 1 N–H and O–H groups in total. The molecule has 206 valence electrons. The molecule has 0 spiro atoms. The van der Waals surface area contributed by atoms with Gasteiger partial charge in [-0.1, -0.05) is 103 Å². The average molecular weight is 534 g/mol. The maximum Gasteiger partial charge on any atom is 0.246 e. The van der Waals surface area contributed by atoms with Gasteiger partial charge in [0, 0.05) is 32.1 Å². The minimum atomic E-state index is -0.536. The molecule has 0 aliphatic carbocycles. The molecule has 0 radical (unpaired) electrons. The highest BCUT2D eigenvalue weighted by Gasteiger charge is 2.44. The molecule has 3 atom stereocenters. The first-order valence-corrected chi connectivity index (χ1v) is 14.3. The Morgan fingerprint density at radius 1 is 0.750 bits per heavy atom. The molecular formula is C35H39N3O2. The SMILES string of the molecule is CCC(CN1C(=O)C(C)N(Cc2ccccc2)C(=O)C1Cc1cccc(C)c1)NCc1ccc2ccccc2c1. The minimum Gasteiger partial charge on any atom is -0.327 e. The molecule has 5 rings (SSSR count). The molecule has 3 unspecified atom stereocenters. The summed E-state index contributed by atoms with van der Waals surface area (Å²) in [5.74, 6) is 0.0287. The molecule has 4 aromatic carbocycles. The summed E-state index contributed by atoms with van der Waals surface area (Å²) in [6.45, 7) is 7.69. The maximum absolute atomic E-state index is 14.1. The molecule has 1 saturated heterocycles. The summed E-state index contributed by atoms with van der Waals surface area (Å²) in [7, 11) is 0. The van der Waals surface area contributed by atoms with Crippen LogP contribution < -0.4 is 5.32 Å². The maximum atomic E-state index is 14.1. The van der Waals surface area contributed by atoms with Crippen molar-refractivity contribution in [1.29, 1.82) is 0 Å². The van der Waals surface area contributed by atoms with Gasteiger partial charge < -0.3 is 15.1 Å². The summed E-state index contributed by atoms with van der Waals surface area (Å²) in [6, 6.07) is 32.1. The Balaban J connectivity index is 1.36. The largest absolute Gasteiger partial charge is 0.327 e. The number of carbonyl (C=O) groups is 2. The Morgan fingerprint density at radius 3 is 2.23 bits per heavy atom. The number of fused-ring (bicyclic) bond motifs is 1. The van der Waals surface area contributed by atoms with Gasteiger partial charge >= 0.3 is 0 Å². The Kier molecular flexibility index (Phi) is 8.61. The molecule has 2 amide bonds. The van der Waals surface area contributed by atoms with E-state index in [-0.39, 0.29) is 17.9 Å². The molecule has 1 aliphatic rings. The van der Waals surface area contributed by atoms with Crippen LogP contribution in [-0.2, 0) is 29.1 Å². The van der Waals surface area contributed by atoms with E-state index in [0.29, 0.717) is 26.1 Å². The van der Waals surface area contributed by atoms with Gasteiger partial charge in [0.25, 0.3) is 0 Å². The minimum absolute atomic E-state index is 0.0131. The number of nitrogens with one attached hydrogen (secondary N) is 1. The van der Waals surface area contributed by atoms with Gasteiger partial charge in [0.2, 0.25) is 11.8 Å². The molecule has 0 aromatic heterocycles. The van der Waals surface area contributed by atoms with Crippen molar-refractivity contribution < 1.29 is 9.59 Å². The number of rotatable bonds is 10. The predicted octanol–water partition coefficient (Wildman–Crippen LogP) is 5.89. The first-order chi connectivity index (χ1) is 19.4. The van der Waals surface area contributed by atoms with Gasteiger partial charge in [0.05, 0.1) is 0 Å². The van der Waals surface area contributed by atoms with E-state index >= 15 is 0 Å². The molecule has 40 heavy (non-hydrogen) atoms. The number of benzene rings is 4. The van der Waals surface area contributed by atoms with Gasteiger partial charge in [-0.2, -0.15) is 0 Å². The van der Waals surface area contributed by atoms with Crippen molar-refractivity contribution in [2.75, 3.05) is 6.54 Å². The third-order valence-electron chi connectivity index (χ3n) is 8.08. The van der Waals surface area contributed by atoms with Gasteiger partial charge in [0.1, 0.15) is 12.1 Å². The molecule has 5 heteroatoms. The summed E-state index contributed by atoms with van der Waals surface area (Å²) < 4.78 is 0. The van der Waals surface area contributed by atoms with E-state index in [1.807, 2.05) is 48.2 Å². The van der Waals surface area contributed by atoms with Crippen LogP contribution >= 0.6 is 0 Å². The number of hydrogen-bond donors (Lipinski definition) is 1. The van der Waals surface area contributed by atoms with Gasteiger partial charge in [0.15, 0.2) is 0 Å². The highest BCUT2D eigenvalue weighted by atomic mass is 16.2. The lowest BCUT2D eigenvalue weighted by atomic mass is 9.96. The van der Waals surface area contributed by atoms with Crippen molar-refractivity contribution in [1.82, 2.24) is 15.1 Å². The van der Waals surface area contributed by atoms with E-state index in [0.717, 1.165) is 23.1 Å². The van der Waals surface area contributed by atoms with Crippen LogP contribution in [0, 0.1) is 6.92 Å². The summed E-state index contributed by atoms with van der Waals surface area (Å²) in [5, 5.41) is 6.12. The first-order valence-electron chi connectivity index (χ1n) is 14.3. The number of nitrogens with zero attached hydrogens (tertiary/aromatic N) is 2. The molecule has 1 aliphatic heterocycles. The number of hydrogen-bond acceptors (Lipinski definition) is 3. The highest BCUT2D eigenvalue weighted by molar-refractivity contribution is 5.97. The highest BCUT2D eigenvalue weighted by Crippen LogP contribution is 2.25. The van der Waals surface area contributed by atoms with Gasteiger partial charge in [-0.05, 0) is 53.8 Å². The van der Waals surface area contributed by atoms with Crippen LogP contribution in [0.25, 0.3) is 10.8 Å². The van der Waals surface area contributed by atoms with Crippen LogP contribution in [0.2, 0.25) is 0 Å². The molecule has 1 fully saturated rings. The van der Waals surface area contributed by atoms with E-state index in [1.165, 1.54) is 16.3 Å². The van der Waals surface area contributed by atoms with Crippen LogP contribution in [-0.4, -0.2) is 46.3 Å². The van der Waals surface area contributed by atoms with Crippen molar-refractivity contribution >= 4 is 22.6 Å². The first kappa shape index (κ1) is 27.6. The summed E-state index contributed by atoms with van der Waals surface area (Å²) in [5.41, 5.74) is 4.46. The summed E-state index contributed by atoms with van der Waals surface area (Å²) >= 11 is 0. The number of aryl methyl sites for hydroxylation is 1. The fourth-order valence-electron chi connectivity index (χ4n) is 5.70. The van der Waals surface area contributed by atoms with E-state index in [2.05, 4.69) is 79.8 Å².